The Bertz CT molecular complexity index is 1750. The van der Waals surface area contributed by atoms with Crippen LogP contribution in [-0.4, -0.2) is 20.4 Å². The van der Waals surface area contributed by atoms with E-state index >= 15 is 0 Å². The normalized spacial score (nSPS) is 13.5. The third-order valence-electron chi connectivity index (χ3n) is 7.71. The molecule has 0 atom stereocenters. The zero-order chi connectivity index (χ0) is 25.3. The third-order valence-corrected chi connectivity index (χ3v) is 7.71. The van der Waals surface area contributed by atoms with Crippen LogP contribution >= 0.6 is 0 Å². The first-order valence-corrected chi connectivity index (χ1v) is 12.1. The molecule has 4 heteroatoms. The highest BCUT2D eigenvalue weighted by Gasteiger charge is 2.49. The molecule has 0 radical (unpaired) electrons. The van der Waals surface area contributed by atoms with Crippen molar-refractivity contribution >= 4 is 21.5 Å². The van der Waals surface area contributed by atoms with Crippen molar-refractivity contribution < 1.29 is 20.4 Å². The third kappa shape index (κ3) is 2.78. The Morgan fingerprint density at radius 3 is 1.30 bits per heavy atom. The van der Waals surface area contributed by atoms with Gasteiger partial charge in [0.25, 0.3) is 0 Å². The van der Waals surface area contributed by atoms with Gasteiger partial charge in [0.1, 0.15) is 23.0 Å². The van der Waals surface area contributed by atoms with E-state index < -0.39 is 5.41 Å². The Labute approximate surface area is 213 Å². The highest BCUT2D eigenvalue weighted by Crippen LogP contribution is 2.60. The van der Waals surface area contributed by atoms with Crippen molar-refractivity contribution in [3.63, 3.8) is 0 Å². The molecular weight excluding hydrogens is 460 g/mol. The van der Waals surface area contributed by atoms with Crippen molar-refractivity contribution in [1.82, 2.24) is 0 Å². The fraction of sp³-hybridized carbons (Fsp3) is 0.0303. The smallest absolute Gasteiger partial charge is 0.128 e. The molecule has 0 saturated carbocycles. The van der Waals surface area contributed by atoms with E-state index in [0.717, 1.165) is 22.3 Å². The molecule has 0 heterocycles. The molecule has 4 N–H and O–H groups in total. The summed E-state index contributed by atoms with van der Waals surface area (Å²) in [4.78, 5) is 0. The zero-order valence-electron chi connectivity index (χ0n) is 19.7. The van der Waals surface area contributed by atoms with Crippen LogP contribution < -0.4 is 0 Å². The fourth-order valence-electron chi connectivity index (χ4n) is 6.17. The van der Waals surface area contributed by atoms with Crippen molar-refractivity contribution in [2.45, 2.75) is 5.41 Å². The molecule has 0 spiro atoms. The Balaban J connectivity index is 1.68. The maximum atomic E-state index is 11.8. The largest absolute Gasteiger partial charge is 0.508 e. The lowest BCUT2D eigenvalue weighted by Gasteiger charge is -2.35. The highest BCUT2D eigenvalue weighted by atomic mass is 16.3. The molecule has 7 rings (SSSR count). The lowest BCUT2D eigenvalue weighted by atomic mass is 9.66. The first-order chi connectivity index (χ1) is 18.0. The van der Waals surface area contributed by atoms with Gasteiger partial charge in [0, 0.05) is 21.9 Å². The van der Waals surface area contributed by atoms with E-state index in [-0.39, 0.29) is 23.0 Å². The highest BCUT2D eigenvalue weighted by molar-refractivity contribution is 5.97. The molecule has 0 aliphatic heterocycles. The maximum Gasteiger partial charge on any atom is 0.128 e. The molecule has 0 bridgehead atoms. The number of benzene rings is 6. The van der Waals surface area contributed by atoms with E-state index in [9.17, 15) is 20.4 Å². The summed E-state index contributed by atoms with van der Waals surface area (Å²) in [6.45, 7) is 0. The molecular formula is C33H22O4. The summed E-state index contributed by atoms with van der Waals surface area (Å²) >= 11 is 0. The summed E-state index contributed by atoms with van der Waals surface area (Å²) in [6.07, 6.45) is 0. The van der Waals surface area contributed by atoms with Gasteiger partial charge in [-0.05, 0) is 69.4 Å². The van der Waals surface area contributed by atoms with Crippen LogP contribution in [0.4, 0.5) is 0 Å². The van der Waals surface area contributed by atoms with Crippen molar-refractivity contribution in [3.8, 4) is 34.1 Å². The summed E-state index contributed by atoms with van der Waals surface area (Å²) < 4.78 is 0. The molecule has 0 unspecified atom stereocenters. The fourth-order valence-corrected chi connectivity index (χ4v) is 6.17. The van der Waals surface area contributed by atoms with Crippen molar-refractivity contribution in [2.75, 3.05) is 0 Å². The Kier molecular flexibility index (Phi) is 4.33. The predicted octanol–water partition coefficient (Wildman–Crippen LogP) is 7.18. The number of hydrogen-bond donors (Lipinski definition) is 4. The maximum absolute atomic E-state index is 11.8. The second-order valence-corrected chi connectivity index (χ2v) is 9.58. The van der Waals surface area contributed by atoms with Gasteiger partial charge in [-0.3, -0.25) is 0 Å². The van der Waals surface area contributed by atoms with E-state index in [2.05, 4.69) is 24.3 Å². The standard InChI is InChI=1S/C33H22O4/c34-21-11-13-23-19(17-21)9-15-29(31(23)36)33(30-16-10-20-18-22(35)12-14-24(20)32(30)37)27-7-3-1-5-25(27)26-6-2-4-8-28(26)33/h1-18,34-37H. The Morgan fingerprint density at radius 2 is 0.838 bits per heavy atom. The van der Waals surface area contributed by atoms with Gasteiger partial charge >= 0.3 is 0 Å². The van der Waals surface area contributed by atoms with Crippen LogP contribution in [-0.2, 0) is 5.41 Å². The van der Waals surface area contributed by atoms with Crippen molar-refractivity contribution in [3.05, 3.63) is 131 Å². The lowest BCUT2D eigenvalue weighted by molar-refractivity contribution is 0.454. The van der Waals surface area contributed by atoms with E-state index in [1.54, 1.807) is 36.4 Å². The van der Waals surface area contributed by atoms with E-state index in [4.69, 9.17) is 0 Å². The molecule has 4 nitrogen and oxygen atoms in total. The van der Waals surface area contributed by atoms with Crippen LogP contribution in [0.1, 0.15) is 22.3 Å². The van der Waals surface area contributed by atoms with Gasteiger partial charge in [-0.2, -0.15) is 0 Å². The minimum Gasteiger partial charge on any atom is -0.508 e. The molecule has 178 valence electrons. The van der Waals surface area contributed by atoms with Crippen LogP contribution in [0, 0.1) is 0 Å². The number of hydrogen-bond acceptors (Lipinski definition) is 4. The second kappa shape index (κ2) is 7.52. The number of phenolic OH excluding ortho intramolecular Hbond substituents is 4. The molecule has 0 saturated heterocycles. The predicted molar refractivity (Wildman–Crippen MR) is 145 cm³/mol. The van der Waals surface area contributed by atoms with Gasteiger partial charge in [0.15, 0.2) is 0 Å². The Morgan fingerprint density at radius 1 is 0.405 bits per heavy atom. The van der Waals surface area contributed by atoms with E-state index in [1.807, 2.05) is 48.5 Å². The van der Waals surface area contributed by atoms with Gasteiger partial charge < -0.3 is 20.4 Å². The summed E-state index contributed by atoms with van der Waals surface area (Å²) in [7, 11) is 0. The first kappa shape index (κ1) is 21.3. The number of fused-ring (bicyclic) bond motifs is 5. The first-order valence-electron chi connectivity index (χ1n) is 12.1. The van der Waals surface area contributed by atoms with Crippen LogP contribution in [0.15, 0.2) is 109 Å². The lowest BCUT2D eigenvalue weighted by Crippen LogP contribution is -2.29. The SMILES string of the molecule is Oc1ccc2c(O)c(C3(c4ccc5cc(O)ccc5c4O)c4ccccc4-c4ccccc43)ccc2c1. The second-order valence-electron chi connectivity index (χ2n) is 9.58. The minimum absolute atomic E-state index is 0.0919. The quantitative estimate of drug-likeness (QED) is 0.210. The van der Waals surface area contributed by atoms with Crippen LogP contribution in [0.3, 0.4) is 0 Å². The van der Waals surface area contributed by atoms with Gasteiger partial charge in [-0.25, -0.2) is 0 Å². The number of aromatic hydroxyl groups is 4. The summed E-state index contributed by atoms with van der Waals surface area (Å²) in [6, 6.07) is 33.6. The molecule has 0 aromatic heterocycles. The van der Waals surface area contributed by atoms with Crippen LogP contribution in [0.25, 0.3) is 32.7 Å². The van der Waals surface area contributed by atoms with Crippen molar-refractivity contribution in [1.29, 1.82) is 0 Å². The molecule has 1 aliphatic rings. The summed E-state index contributed by atoms with van der Waals surface area (Å²) in [5.74, 6) is 0.436. The molecule has 6 aromatic rings. The monoisotopic (exact) mass is 482 g/mol. The van der Waals surface area contributed by atoms with Crippen molar-refractivity contribution in [2.24, 2.45) is 0 Å². The summed E-state index contributed by atoms with van der Waals surface area (Å²) in [5.41, 5.74) is 4.24. The average molecular weight is 483 g/mol. The van der Waals surface area contributed by atoms with E-state index in [0.29, 0.717) is 32.7 Å². The average Bonchev–Trinajstić information content (AvgIpc) is 3.20. The zero-order valence-corrected chi connectivity index (χ0v) is 19.7. The van der Waals surface area contributed by atoms with Crippen LogP contribution in [0.5, 0.6) is 23.0 Å². The number of rotatable bonds is 2. The van der Waals surface area contributed by atoms with Gasteiger partial charge in [0.2, 0.25) is 0 Å². The van der Waals surface area contributed by atoms with Gasteiger partial charge in [-0.1, -0.05) is 72.8 Å². The van der Waals surface area contributed by atoms with Gasteiger partial charge in [0.05, 0.1) is 5.41 Å². The number of phenols is 4. The molecule has 0 fully saturated rings. The van der Waals surface area contributed by atoms with Crippen LogP contribution in [0.2, 0.25) is 0 Å². The molecule has 37 heavy (non-hydrogen) atoms. The Hall–Kier alpha value is -4.96. The topological polar surface area (TPSA) is 80.9 Å². The molecule has 0 amide bonds. The van der Waals surface area contributed by atoms with Gasteiger partial charge in [-0.15, -0.1) is 0 Å². The molecule has 6 aromatic carbocycles. The minimum atomic E-state index is -1.01. The molecule has 1 aliphatic carbocycles. The van der Waals surface area contributed by atoms with E-state index in [1.165, 1.54) is 0 Å². The summed E-state index contributed by atoms with van der Waals surface area (Å²) in [5, 5.41) is 46.3.